The van der Waals surface area contributed by atoms with E-state index in [1.165, 1.54) is 0 Å². The molecule has 0 aliphatic heterocycles. The summed E-state index contributed by atoms with van der Waals surface area (Å²) in [7, 11) is -4.00. The number of phosphoric ester groups is 1. The molecule has 0 rings (SSSR count). The topological polar surface area (TPSA) is 58.6 Å². The first-order valence-electron chi connectivity index (χ1n) is 4.99. The number of halogens is 1. The van der Waals surface area contributed by atoms with Crippen LogP contribution in [0.5, 0.6) is 0 Å². The van der Waals surface area contributed by atoms with Crippen LogP contribution in [0.1, 0.15) is 39.5 Å². The summed E-state index contributed by atoms with van der Waals surface area (Å²) in [4.78, 5) is 14.2. The Balaban J connectivity index is -0.000000529. The molecule has 0 bridgehead atoms. The molecule has 0 aromatic heterocycles. The molecule has 0 amide bonds. The molecule has 0 saturated heterocycles. The molecule has 0 aliphatic rings. The van der Waals surface area contributed by atoms with Gasteiger partial charge < -0.3 is 36.5 Å². The monoisotopic (exact) mass is 414 g/mol. The molecule has 0 radical (unpaired) electrons. The third-order valence-electron chi connectivity index (χ3n) is 1.49. The average molecular weight is 416 g/mol. The quantitative estimate of drug-likeness (QED) is 0.201. The average Bonchev–Trinajstić information content (AvgIpc) is 2.21. The zero-order chi connectivity index (χ0) is 12.2. The Labute approximate surface area is 125 Å². The van der Waals surface area contributed by atoms with E-state index in [9.17, 15) is 9.46 Å². The molecular formula is C9H20IO4PZn. The van der Waals surface area contributed by atoms with E-state index < -0.39 is 7.82 Å². The summed E-state index contributed by atoms with van der Waals surface area (Å²) in [5.41, 5.74) is 0. The van der Waals surface area contributed by atoms with Crippen molar-refractivity contribution in [2.24, 2.45) is 0 Å². The van der Waals surface area contributed by atoms with Crippen molar-refractivity contribution in [1.29, 1.82) is 0 Å². The van der Waals surface area contributed by atoms with Crippen LogP contribution in [-0.2, 0) is 33.1 Å². The van der Waals surface area contributed by atoms with Gasteiger partial charge >= 0.3 is 19.5 Å². The molecule has 0 heterocycles. The standard InChI is InChI=1S/C8H19O4P.CH2I.Zn/c1-3-5-7-11-13(9,10)12-8-6-4-2;1-2;/h3-8H2,1-2H3,(H,9,10);1H2;/q;-1;+2/p-1. The van der Waals surface area contributed by atoms with E-state index in [-0.39, 0.29) is 32.7 Å². The smallest absolute Gasteiger partial charge is 0.756 e. The summed E-state index contributed by atoms with van der Waals surface area (Å²) in [6.45, 7) is 4.39. The van der Waals surface area contributed by atoms with Crippen molar-refractivity contribution in [3.05, 3.63) is 4.93 Å². The van der Waals surface area contributed by atoms with Gasteiger partial charge in [-0.2, -0.15) is 0 Å². The fraction of sp³-hybridized carbons (Fsp3) is 0.889. The van der Waals surface area contributed by atoms with E-state index in [4.69, 9.17) is 0 Å². The van der Waals surface area contributed by atoms with E-state index in [0.29, 0.717) is 0 Å². The maximum Gasteiger partial charge on any atom is 2.00 e. The van der Waals surface area contributed by atoms with Crippen molar-refractivity contribution in [2.45, 2.75) is 39.5 Å². The molecule has 0 unspecified atom stereocenters. The van der Waals surface area contributed by atoms with Crippen LogP contribution in [0.4, 0.5) is 0 Å². The molecule has 7 heteroatoms. The van der Waals surface area contributed by atoms with Crippen LogP contribution in [0, 0.1) is 4.93 Å². The van der Waals surface area contributed by atoms with Crippen molar-refractivity contribution < 1.29 is 38.0 Å². The molecule has 94 valence electrons. The summed E-state index contributed by atoms with van der Waals surface area (Å²) in [6.07, 6.45) is 3.30. The number of phosphoric acid groups is 1. The summed E-state index contributed by atoms with van der Waals surface area (Å²) < 4.78 is 20.2. The van der Waals surface area contributed by atoms with Crippen LogP contribution in [-0.4, -0.2) is 13.2 Å². The number of rotatable bonds is 8. The third-order valence-corrected chi connectivity index (χ3v) is 2.49. The van der Waals surface area contributed by atoms with Crippen LogP contribution in [0.2, 0.25) is 0 Å². The third kappa shape index (κ3) is 17.8. The maximum atomic E-state index is 11.0. The van der Waals surface area contributed by atoms with Crippen LogP contribution in [0.3, 0.4) is 0 Å². The Morgan fingerprint density at radius 2 is 1.44 bits per heavy atom. The van der Waals surface area contributed by atoms with Crippen molar-refractivity contribution in [2.75, 3.05) is 13.2 Å². The van der Waals surface area contributed by atoms with Gasteiger partial charge in [0.05, 0.1) is 13.2 Å². The first-order chi connectivity index (χ1) is 7.12. The predicted molar refractivity (Wildman–Crippen MR) is 68.7 cm³/mol. The molecule has 0 aliphatic carbocycles. The maximum absolute atomic E-state index is 11.0. The zero-order valence-electron chi connectivity index (χ0n) is 10.1. The van der Waals surface area contributed by atoms with E-state index >= 15 is 0 Å². The zero-order valence-corrected chi connectivity index (χ0v) is 16.1. The Bertz CT molecular complexity index is 158. The molecule has 0 aromatic carbocycles. The number of hydrogen-bond acceptors (Lipinski definition) is 4. The van der Waals surface area contributed by atoms with Gasteiger partial charge in [-0.1, -0.05) is 26.7 Å². The van der Waals surface area contributed by atoms with E-state index in [1.54, 1.807) is 0 Å². The molecule has 4 nitrogen and oxygen atoms in total. The molecule has 16 heavy (non-hydrogen) atoms. The van der Waals surface area contributed by atoms with Gasteiger partial charge in [-0.3, -0.25) is 9.50 Å². The van der Waals surface area contributed by atoms with Crippen molar-refractivity contribution in [1.82, 2.24) is 0 Å². The Morgan fingerprint density at radius 1 is 1.12 bits per heavy atom. The van der Waals surface area contributed by atoms with Gasteiger partial charge in [-0.15, -0.1) is 0 Å². The summed E-state index contributed by atoms with van der Waals surface area (Å²) in [6, 6.07) is 0. The van der Waals surface area contributed by atoms with Crippen LogP contribution in [0.15, 0.2) is 0 Å². The minimum Gasteiger partial charge on any atom is -0.756 e. The Hall–Kier alpha value is 1.46. The van der Waals surface area contributed by atoms with E-state index in [2.05, 4.69) is 14.0 Å². The second-order valence-corrected chi connectivity index (χ2v) is 4.23. The molecule has 0 atom stereocenters. The van der Waals surface area contributed by atoms with Gasteiger partial charge in [0.1, 0.15) is 0 Å². The molecule has 0 N–H and O–H groups in total. The molecule has 0 saturated carbocycles. The van der Waals surface area contributed by atoms with Gasteiger partial charge in [-0.05, 0) is 12.8 Å². The van der Waals surface area contributed by atoms with Gasteiger partial charge in [0.15, 0.2) is 0 Å². The predicted octanol–water partition coefficient (Wildman–Crippen LogP) is 3.30. The molecule has 0 fully saturated rings. The van der Waals surface area contributed by atoms with Gasteiger partial charge in [0.2, 0.25) is 0 Å². The Kier molecular flexibility index (Phi) is 23.3. The summed E-state index contributed by atoms with van der Waals surface area (Å²) >= 11 is 1.90. The normalized spacial score (nSPS) is 10.1. The SMILES string of the molecule is CCCCOP(=O)([O-])OCCCC.[CH2-]I.[Zn+2]. The van der Waals surface area contributed by atoms with E-state index in [0.717, 1.165) is 25.7 Å². The first-order valence-corrected chi connectivity index (χ1v) is 7.98. The fourth-order valence-corrected chi connectivity index (χ4v) is 1.46. The van der Waals surface area contributed by atoms with Gasteiger partial charge in [0.25, 0.3) is 7.82 Å². The summed E-state index contributed by atoms with van der Waals surface area (Å²) in [5.74, 6) is 0. The largest absolute Gasteiger partial charge is 2.00 e. The van der Waals surface area contributed by atoms with Gasteiger partial charge in [0, 0.05) is 0 Å². The second-order valence-electron chi connectivity index (χ2n) is 2.82. The van der Waals surface area contributed by atoms with Crippen molar-refractivity contribution in [3.8, 4) is 0 Å². The minimum atomic E-state index is -4.00. The van der Waals surface area contributed by atoms with Crippen LogP contribution in [0.25, 0.3) is 0 Å². The Morgan fingerprint density at radius 3 is 1.69 bits per heavy atom. The molecule has 0 aromatic rings. The van der Waals surface area contributed by atoms with E-state index in [1.807, 2.05) is 36.4 Å². The van der Waals surface area contributed by atoms with Crippen molar-refractivity contribution in [3.63, 3.8) is 0 Å². The minimum absolute atomic E-state index is 0. The van der Waals surface area contributed by atoms with Crippen LogP contribution < -0.4 is 4.89 Å². The molecule has 0 spiro atoms. The fourth-order valence-electron chi connectivity index (χ4n) is 0.679. The van der Waals surface area contributed by atoms with Crippen LogP contribution >= 0.6 is 30.4 Å². The van der Waals surface area contributed by atoms with Crippen molar-refractivity contribution >= 4 is 30.4 Å². The molecular weight excluding hydrogens is 395 g/mol. The van der Waals surface area contributed by atoms with Gasteiger partial charge in [-0.25, -0.2) is 0 Å². The summed E-state index contributed by atoms with van der Waals surface area (Å²) in [5, 5.41) is 0. The second kappa shape index (κ2) is 16.5. The number of hydrogen-bond donors (Lipinski definition) is 0. The number of unbranched alkanes of at least 4 members (excludes halogenated alkanes) is 2. The first kappa shape index (κ1) is 22.6.